The zero-order valence-electron chi connectivity index (χ0n) is 12.0. The Labute approximate surface area is 119 Å². The smallest absolute Gasteiger partial charge is 0.237 e. The second-order valence-electron chi connectivity index (χ2n) is 5.43. The predicted molar refractivity (Wildman–Crippen MR) is 76.7 cm³/mol. The van der Waals surface area contributed by atoms with Crippen molar-refractivity contribution >= 4 is 5.91 Å². The molecule has 0 saturated heterocycles. The molecule has 0 radical (unpaired) electrons. The molecule has 5 nitrogen and oxygen atoms in total. The second kappa shape index (κ2) is 6.61. The van der Waals surface area contributed by atoms with Crippen molar-refractivity contribution in [3.05, 3.63) is 23.8 Å². The molecule has 2 rings (SSSR count). The molecule has 1 atom stereocenters. The van der Waals surface area contributed by atoms with E-state index in [0.29, 0.717) is 32.1 Å². The zero-order chi connectivity index (χ0) is 14.5. The summed E-state index contributed by atoms with van der Waals surface area (Å²) in [5.74, 6) is 1.77. The molecule has 110 valence electrons. The van der Waals surface area contributed by atoms with Crippen LogP contribution in [-0.4, -0.2) is 25.2 Å². The van der Waals surface area contributed by atoms with Crippen LogP contribution < -0.4 is 20.5 Å². The Bertz CT molecular complexity index is 474. The number of nitrogens with one attached hydrogen (secondary N) is 1. The van der Waals surface area contributed by atoms with E-state index in [4.69, 9.17) is 15.2 Å². The Morgan fingerprint density at radius 1 is 1.30 bits per heavy atom. The normalized spacial score (nSPS) is 15.0. The number of fused-ring (bicyclic) bond motifs is 1. The van der Waals surface area contributed by atoms with E-state index in [9.17, 15) is 4.79 Å². The molecule has 0 saturated carbocycles. The largest absolute Gasteiger partial charge is 0.486 e. The fourth-order valence-corrected chi connectivity index (χ4v) is 2.13. The van der Waals surface area contributed by atoms with E-state index in [1.807, 2.05) is 32.0 Å². The van der Waals surface area contributed by atoms with E-state index in [-0.39, 0.29) is 5.91 Å². The summed E-state index contributed by atoms with van der Waals surface area (Å²) in [5, 5.41) is 2.85. The molecule has 1 aliphatic heterocycles. The van der Waals surface area contributed by atoms with E-state index < -0.39 is 6.04 Å². The van der Waals surface area contributed by atoms with Crippen molar-refractivity contribution in [1.29, 1.82) is 0 Å². The molecule has 0 aliphatic carbocycles. The first-order valence-electron chi connectivity index (χ1n) is 6.98. The van der Waals surface area contributed by atoms with Gasteiger partial charge in [0.25, 0.3) is 0 Å². The maximum Gasteiger partial charge on any atom is 0.237 e. The number of benzene rings is 1. The molecule has 20 heavy (non-hydrogen) atoms. The van der Waals surface area contributed by atoms with Gasteiger partial charge >= 0.3 is 0 Å². The summed E-state index contributed by atoms with van der Waals surface area (Å²) < 4.78 is 11.0. The minimum absolute atomic E-state index is 0.117. The molecule has 0 aromatic heterocycles. The van der Waals surface area contributed by atoms with Gasteiger partial charge in [0.2, 0.25) is 5.91 Å². The lowest BCUT2D eigenvalue weighted by Crippen LogP contribution is -2.41. The lowest BCUT2D eigenvalue weighted by atomic mass is 10.0. The third-order valence-electron chi connectivity index (χ3n) is 3.14. The summed E-state index contributed by atoms with van der Waals surface area (Å²) >= 11 is 0. The highest BCUT2D eigenvalue weighted by molar-refractivity contribution is 5.81. The molecule has 0 fully saturated rings. The average Bonchev–Trinajstić information content (AvgIpc) is 2.43. The third-order valence-corrected chi connectivity index (χ3v) is 3.14. The minimum atomic E-state index is -0.452. The van der Waals surface area contributed by atoms with Gasteiger partial charge in [-0.3, -0.25) is 4.79 Å². The molecule has 5 heteroatoms. The van der Waals surface area contributed by atoms with Crippen molar-refractivity contribution < 1.29 is 14.3 Å². The van der Waals surface area contributed by atoms with Crippen LogP contribution in [0.1, 0.15) is 25.8 Å². The van der Waals surface area contributed by atoms with Gasteiger partial charge in [-0.1, -0.05) is 19.9 Å². The summed E-state index contributed by atoms with van der Waals surface area (Å²) in [6.07, 6.45) is 0.687. The minimum Gasteiger partial charge on any atom is -0.486 e. The molecule has 0 bridgehead atoms. The maximum absolute atomic E-state index is 11.8. The van der Waals surface area contributed by atoms with Crippen LogP contribution in [0.4, 0.5) is 0 Å². The summed E-state index contributed by atoms with van der Waals surface area (Å²) in [7, 11) is 0. The van der Waals surface area contributed by atoms with E-state index in [2.05, 4.69) is 5.32 Å². The zero-order valence-corrected chi connectivity index (χ0v) is 12.0. The van der Waals surface area contributed by atoms with Gasteiger partial charge in [0.05, 0.1) is 6.04 Å². The molecule has 3 N–H and O–H groups in total. The van der Waals surface area contributed by atoms with Gasteiger partial charge in [0, 0.05) is 6.54 Å². The van der Waals surface area contributed by atoms with Crippen molar-refractivity contribution in [2.75, 3.05) is 13.2 Å². The van der Waals surface area contributed by atoms with Crippen molar-refractivity contribution in [1.82, 2.24) is 5.32 Å². The number of ether oxygens (including phenoxy) is 2. The highest BCUT2D eigenvalue weighted by Crippen LogP contribution is 2.30. The molecule has 1 aromatic carbocycles. The number of rotatable bonds is 5. The van der Waals surface area contributed by atoms with Gasteiger partial charge in [0.15, 0.2) is 11.5 Å². The first-order chi connectivity index (χ1) is 9.56. The summed E-state index contributed by atoms with van der Waals surface area (Å²) in [4.78, 5) is 11.8. The van der Waals surface area contributed by atoms with Gasteiger partial charge in [-0.2, -0.15) is 0 Å². The molecule has 1 heterocycles. The van der Waals surface area contributed by atoms with E-state index in [1.165, 1.54) is 0 Å². The second-order valence-corrected chi connectivity index (χ2v) is 5.43. The van der Waals surface area contributed by atoms with Gasteiger partial charge in [-0.25, -0.2) is 0 Å². The van der Waals surface area contributed by atoms with E-state index >= 15 is 0 Å². The highest BCUT2D eigenvalue weighted by atomic mass is 16.6. The van der Waals surface area contributed by atoms with Crippen LogP contribution in [0.25, 0.3) is 0 Å². The van der Waals surface area contributed by atoms with Crippen LogP contribution >= 0.6 is 0 Å². The molecular formula is C15H22N2O3. The number of carbonyl (C=O) groups is 1. The quantitative estimate of drug-likeness (QED) is 0.855. The highest BCUT2D eigenvalue weighted by Gasteiger charge is 2.15. The van der Waals surface area contributed by atoms with Crippen LogP contribution in [0.3, 0.4) is 0 Å². The average molecular weight is 278 g/mol. The Morgan fingerprint density at radius 3 is 2.70 bits per heavy atom. The Kier molecular flexibility index (Phi) is 4.84. The first kappa shape index (κ1) is 14.7. The number of nitrogens with two attached hydrogens (primary N) is 1. The van der Waals surface area contributed by atoms with Crippen LogP contribution in [-0.2, 0) is 11.3 Å². The fourth-order valence-electron chi connectivity index (χ4n) is 2.13. The topological polar surface area (TPSA) is 73.6 Å². The maximum atomic E-state index is 11.8. The van der Waals surface area contributed by atoms with Crippen molar-refractivity contribution in [3.63, 3.8) is 0 Å². The number of hydrogen-bond acceptors (Lipinski definition) is 4. The van der Waals surface area contributed by atoms with Gasteiger partial charge in [-0.05, 0) is 30.0 Å². The summed E-state index contributed by atoms with van der Waals surface area (Å²) in [6, 6.07) is 5.22. The molecule has 0 spiro atoms. The van der Waals surface area contributed by atoms with Crippen molar-refractivity contribution in [3.8, 4) is 11.5 Å². The summed E-state index contributed by atoms with van der Waals surface area (Å²) in [5.41, 5.74) is 6.81. The Hall–Kier alpha value is -1.75. The fraction of sp³-hybridized carbons (Fsp3) is 0.533. The Balaban J connectivity index is 1.89. The van der Waals surface area contributed by atoms with Crippen LogP contribution in [0.5, 0.6) is 11.5 Å². The number of carbonyl (C=O) groups excluding carboxylic acids is 1. The molecule has 1 unspecified atom stereocenters. The monoisotopic (exact) mass is 278 g/mol. The predicted octanol–water partition coefficient (Wildman–Crippen LogP) is 1.45. The van der Waals surface area contributed by atoms with Crippen LogP contribution in [0, 0.1) is 5.92 Å². The third kappa shape index (κ3) is 3.87. The first-order valence-corrected chi connectivity index (χ1v) is 6.98. The van der Waals surface area contributed by atoms with Gasteiger partial charge in [-0.15, -0.1) is 0 Å². The van der Waals surface area contributed by atoms with Crippen LogP contribution in [0.15, 0.2) is 18.2 Å². The molecule has 1 amide bonds. The van der Waals surface area contributed by atoms with Crippen molar-refractivity contribution in [2.45, 2.75) is 32.9 Å². The van der Waals surface area contributed by atoms with Crippen molar-refractivity contribution in [2.24, 2.45) is 11.7 Å². The molecule has 1 aliphatic rings. The van der Waals surface area contributed by atoms with E-state index in [0.717, 1.165) is 17.1 Å². The lowest BCUT2D eigenvalue weighted by Gasteiger charge is -2.19. The summed E-state index contributed by atoms with van der Waals surface area (Å²) in [6.45, 7) is 5.68. The van der Waals surface area contributed by atoms with Crippen LogP contribution in [0.2, 0.25) is 0 Å². The Morgan fingerprint density at radius 2 is 2.00 bits per heavy atom. The lowest BCUT2D eigenvalue weighted by molar-refractivity contribution is -0.122. The molecular weight excluding hydrogens is 256 g/mol. The SMILES string of the molecule is CC(C)CC(N)C(=O)NCc1ccc2c(c1)OCCO2. The van der Waals surface area contributed by atoms with Gasteiger partial charge < -0.3 is 20.5 Å². The molecule has 1 aromatic rings. The van der Waals surface area contributed by atoms with Gasteiger partial charge in [0.1, 0.15) is 13.2 Å². The standard InChI is InChI=1S/C15H22N2O3/c1-10(2)7-12(16)15(18)17-9-11-3-4-13-14(8-11)20-6-5-19-13/h3-4,8,10,12H,5-7,9,16H2,1-2H3,(H,17,18). The van der Waals surface area contributed by atoms with E-state index in [1.54, 1.807) is 0 Å². The number of hydrogen-bond donors (Lipinski definition) is 2. The number of amides is 1.